The molecule has 3 N–H and O–H groups in total. The number of rotatable bonds is 7. The number of ether oxygens (including phenoxy) is 1. The summed E-state index contributed by atoms with van der Waals surface area (Å²) in [7, 11) is 0. The fourth-order valence-corrected chi connectivity index (χ4v) is 3.50. The smallest absolute Gasteiger partial charge is 0.223 e. The Morgan fingerprint density at radius 3 is 2.68 bits per heavy atom. The summed E-state index contributed by atoms with van der Waals surface area (Å²) >= 11 is 0. The van der Waals surface area contributed by atoms with E-state index in [1.807, 2.05) is 48.5 Å². The van der Waals surface area contributed by atoms with Crippen LogP contribution in [0.25, 0.3) is 0 Å². The van der Waals surface area contributed by atoms with Gasteiger partial charge in [0.05, 0.1) is 0 Å². The molecule has 2 aromatic carbocycles. The van der Waals surface area contributed by atoms with Gasteiger partial charge in [-0.2, -0.15) is 0 Å². The quantitative estimate of drug-likeness (QED) is 0.814. The summed E-state index contributed by atoms with van der Waals surface area (Å²) in [6, 6.07) is 17.9. The molecular formula is C21H26N2O2. The second kappa shape index (κ2) is 8.67. The standard InChI is InChI=1S/C21H26N2O2/c22-13-18-8-5-11-20(18)21(24)23-14-16-6-4-7-17(12-16)15-25-19-9-2-1-3-10-19/h1-4,6-7,9-10,12,18,20H,5,8,11,13-15,22H2,(H,23,24)/t18-,20-/m1/s1. The monoisotopic (exact) mass is 338 g/mol. The molecule has 0 aromatic heterocycles. The van der Waals surface area contributed by atoms with E-state index >= 15 is 0 Å². The van der Waals surface area contributed by atoms with E-state index in [4.69, 9.17) is 10.5 Å². The summed E-state index contributed by atoms with van der Waals surface area (Å²) in [6.07, 6.45) is 3.13. The van der Waals surface area contributed by atoms with Crippen LogP contribution >= 0.6 is 0 Å². The van der Waals surface area contributed by atoms with Gasteiger partial charge < -0.3 is 15.8 Å². The van der Waals surface area contributed by atoms with Gasteiger partial charge in [0.15, 0.2) is 0 Å². The van der Waals surface area contributed by atoms with Crippen molar-refractivity contribution in [2.75, 3.05) is 6.54 Å². The predicted molar refractivity (Wildman–Crippen MR) is 98.9 cm³/mol. The van der Waals surface area contributed by atoms with Crippen molar-refractivity contribution in [2.45, 2.75) is 32.4 Å². The highest BCUT2D eigenvalue weighted by Gasteiger charge is 2.31. The van der Waals surface area contributed by atoms with E-state index < -0.39 is 0 Å². The van der Waals surface area contributed by atoms with Crippen LogP contribution in [0.4, 0.5) is 0 Å². The number of carbonyl (C=O) groups is 1. The first-order chi connectivity index (χ1) is 12.3. The highest BCUT2D eigenvalue weighted by atomic mass is 16.5. The third kappa shape index (κ3) is 4.83. The molecule has 3 rings (SSSR count). The normalized spacial score (nSPS) is 19.6. The van der Waals surface area contributed by atoms with Gasteiger partial charge in [0, 0.05) is 12.5 Å². The van der Waals surface area contributed by atoms with E-state index in [-0.39, 0.29) is 11.8 Å². The minimum Gasteiger partial charge on any atom is -0.489 e. The van der Waals surface area contributed by atoms with Gasteiger partial charge in [-0.15, -0.1) is 0 Å². The van der Waals surface area contributed by atoms with Crippen LogP contribution in [0.2, 0.25) is 0 Å². The lowest BCUT2D eigenvalue weighted by Gasteiger charge is -2.17. The van der Waals surface area contributed by atoms with Crippen LogP contribution in [-0.4, -0.2) is 12.5 Å². The molecule has 25 heavy (non-hydrogen) atoms. The summed E-state index contributed by atoms with van der Waals surface area (Å²) in [4.78, 5) is 12.4. The van der Waals surface area contributed by atoms with E-state index in [9.17, 15) is 4.79 Å². The van der Waals surface area contributed by atoms with E-state index in [2.05, 4.69) is 11.4 Å². The Balaban J connectivity index is 1.52. The van der Waals surface area contributed by atoms with Gasteiger partial charge in [-0.05, 0) is 48.6 Å². The Bertz CT molecular complexity index is 687. The number of carbonyl (C=O) groups excluding carboxylic acids is 1. The lowest BCUT2D eigenvalue weighted by Crippen LogP contribution is -2.34. The van der Waals surface area contributed by atoms with Crippen molar-refractivity contribution in [2.24, 2.45) is 17.6 Å². The van der Waals surface area contributed by atoms with Crippen molar-refractivity contribution in [3.63, 3.8) is 0 Å². The van der Waals surface area contributed by atoms with Gasteiger partial charge in [-0.25, -0.2) is 0 Å². The molecule has 1 fully saturated rings. The molecule has 1 aliphatic carbocycles. The summed E-state index contributed by atoms with van der Waals surface area (Å²) in [5.41, 5.74) is 7.96. The maximum atomic E-state index is 12.4. The van der Waals surface area contributed by atoms with Crippen molar-refractivity contribution in [3.05, 3.63) is 65.7 Å². The molecule has 1 aliphatic rings. The van der Waals surface area contributed by atoms with E-state index in [0.29, 0.717) is 25.6 Å². The van der Waals surface area contributed by atoms with Gasteiger partial charge in [0.1, 0.15) is 12.4 Å². The highest BCUT2D eigenvalue weighted by Crippen LogP contribution is 2.31. The first-order valence-electron chi connectivity index (χ1n) is 8.99. The number of nitrogens with one attached hydrogen (secondary N) is 1. The average molecular weight is 338 g/mol. The molecule has 2 atom stereocenters. The minimum absolute atomic E-state index is 0.0783. The molecule has 1 saturated carbocycles. The van der Waals surface area contributed by atoms with Crippen LogP contribution in [0.15, 0.2) is 54.6 Å². The number of para-hydroxylation sites is 1. The van der Waals surface area contributed by atoms with Crippen LogP contribution in [0.3, 0.4) is 0 Å². The fraction of sp³-hybridized carbons (Fsp3) is 0.381. The van der Waals surface area contributed by atoms with Crippen LogP contribution in [0, 0.1) is 11.8 Å². The first kappa shape index (κ1) is 17.5. The van der Waals surface area contributed by atoms with Gasteiger partial charge in [-0.3, -0.25) is 4.79 Å². The van der Waals surface area contributed by atoms with Gasteiger partial charge in [-0.1, -0.05) is 48.9 Å². The lowest BCUT2D eigenvalue weighted by atomic mass is 9.95. The molecule has 0 heterocycles. The first-order valence-corrected chi connectivity index (χ1v) is 8.99. The van der Waals surface area contributed by atoms with E-state index in [1.54, 1.807) is 0 Å². The Hall–Kier alpha value is -2.33. The minimum atomic E-state index is 0.0783. The van der Waals surface area contributed by atoms with Crippen molar-refractivity contribution in [1.29, 1.82) is 0 Å². The van der Waals surface area contributed by atoms with E-state index in [0.717, 1.165) is 36.1 Å². The van der Waals surface area contributed by atoms with Crippen LogP contribution in [0.1, 0.15) is 30.4 Å². The van der Waals surface area contributed by atoms with Crippen molar-refractivity contribution in [1.82, 2.24) is 5.32 Å². The second-order valence-electron chi connectivity index (χ2n) is 6.67. The molecule has 4 heteroatoms. The summed E-state index contributed by atoms with van der Waals surface area (Å²) in [5, 5.41) is 3.07. The number of nitrogens with two attached hydrogens (primary N) is 1. The SMILES string of the molecule is NC[C@H]1CCC[C@H]1C(=O)NCc1cccc(COc2ccccc2)c1. The molecule has 2 aromatic rings. The summed E-state index contributed by atoms with van der Waals surface area (Å²) in [5.74, 6) is 1.41. The van der Waals surface area contributed by atoms with Crippen molar-refractivity contribution >= 4 is 5.91 Å². The second-order valence-corrected chi connectivity index (χ2v) is 6.67. The Morgan fingerprint density at radius 1 is 1.08 bits per heavy atom. The predicted octanol–water partition coefficient (Wildman–Crippen LogP) is 3.26. The molecule has 0 bridgehead atoms. The number of hydrogen-bond donors (Lipinski definition) is 2. The maximum Gasteiger partial charge on any atom is 0.223 e. The molecular weight excluding hydrogens is 312 g/mol. The summed E-state index contributed by atoms with van der Waals surface area (Å²) in [6.45, 7) is 1.67. The third-order valence-corrected chi connectivity index (χ3v) is 4.91. The average Bonchev–Trinajstić information content (AvgIpc) is 3.14. The number of hydrogen-bond acceptors (Lipinski definition) is 3. The number of amides is 1. The molecule has 0 radical (unpaired) electrons. The maximum absolute atomic E-state index is 12.4. The van der Waals surface area contributed by atoms with Crippen molar-refractivity contribution in [3.8, 4) is 5.75 Å². The molecule has 0 unspecified atom stereocenters. The van der Waals surface area contributed by atoms with E-state index in [1.165, 1.54) is 0 Å². The Kier molecular flexibility index (Phi) is 6.07. The van der Waals surface area contributed by atoms with Crippen molar-refractivity contribution < 1.29 is 9.53 Å². The fourth-order valence-electron chi connectivity index (χ4n) is 3.50. The van der Waals surface area contributed by atoms with Crippen LogP contribution in [0.5, 0.6) is 5.75 Å². The topological polar surface area (TPSA) is 64.4 Å². The lowest BCUT2D eigenvalue weighted by molar-refractivity contribution is -0.126. The Morgan fingerprint density at radius 2 is 1.88 bits per heavy atom. The Labute approximate surface area is 149 Å². The van der Waals surface area contributed by atoms with Gasteiger partial charge >= 0.3 is 0 Å². The number of benzene rings is 2. The molecule has 0 saturated heterocycles. The van der Waals surface area contributed by atoms with Gasteiger partial charge in [0.2, 0.25) is 5.91 Å². The molecule has 0 aliphatic heterocycles. The third-order valence-electron chi connectivity index (χ3n) is 4.91. The van der Waals surface area contributed by atoms with Crippen LogP contribution < -0.4 is 15.8 Å². The zero-order valence-electron chi connectivity index (χ0n) is 14.5. The zero-order chi connectivity index (χ0) is 17.5. The molecule has 4 nitrogen and oxygen atoms in total. The van der Waals surface area contributed by atoms with Gasteiger partial charge in [0.25, 0.3) is 0 Å². The highest BCUT2D eigenvalue weighted by molar-refractivity contribution is 5.79. The molecule has 132 valence electrons. The molecule has 0 spiro atoms. The summed E-state index contributed by atoms with van der Waals surface area (Å²) < 4.78 is 5.78. The largest absolute Gasteiger partial charge is 0.489 e. The van der Waals surface area contributed by atoms with Crippen LogP contribution in [-0.2, 0) is 17.9 Å². The zero-order valence-corrected chi connectivity index (χ0v) is 14.5. The molecule has 1 amide bonds.